The minimum absolute atomic E-state index is 0.0774. The zero-order chi connectivity index (χ0) is 25.5. The molecule has 34 heavy (non-hydrogen) atoms. The second-order valence-corrected chi connectivity index (χ2v) is 8.83. The fourth-order valence-electron chi connectivity index (χ4n) is 3.39. The van der Waals surface area contributed by atoms with E-state index in [1.807, 2.05) is 13.8 Å². The van der Waals surface area contributed by atoms with Crippen LogP contribution in [0.15, 0.2) is 24.3 Å². The van der Waals surface area contributed by atoms with Crippen molar-refractivity contribution in [3.63, 3.8) is 0 Å². The second kappa shape index (κ2) is 16.0. The third-order valence-electron chi connectivity index (χ3n) is 5.40. The molecule has 1 aromatic rings. The second-order valence-electron chi connectivity index (χ2n) is 8.83. The summed E-state index contributed by atoms with van der Waals surface area (Å²) in [6.07, 6.45) is 3.66. The molecule has 1 rings (SSSR count). The number of hydrogen-bond donors (Lipinski definition) is 7. The Hall–Kier alpha value is -2.69. The monoisotopic (exact) mass is 479 g/mol. The SMILES string of the molecule is CC(C)NCCCC[C@H](NC(=O)[C@H](Cc1ccc(O)cc1)NC(=O)[C@@H](N)CCCCN)C(=O)O. The van der Waals surface area contributed by atoms with Gasteiger partial charge < -0.3 is 37.6 Å². The predicted octanol–water partition coefficient (Wildman–Crippen LogP) is 0.614. The molecule has 10 heteroatoms. The van der Waals surface area contributed by atoms with Gasteiger partial charge in [-0.2, -0.15) is 0 Å². The average molecular weight is 480 g/mol. The van der Waals surface area contributed by atoms with Crippen molar-refractivity contribution in [1.82, 2.24) is 16.0 Å². The molecule has 0 aliphatic rings. The van der Waals surface area contributed by atoms with Gasteiger partial charge in [0, 0.05) is 12.5 Å². The highest BCUT2D eigenvalue weighted by Crippen LogP contribution is 2.12. The Morgan fingerprint density at radius 3 is 2.12 bits per heavy atom. The summed E-state index contributed by atoms with van der Waals surface area (Å²) >= 11 is 0. The molecular formula is C24H41N5O5. The van der Waals surface area contributed by atoms with Crippen LogP contribution in [-0.4, -0.2) is 65.3 Å². The molecule has 0 saturated carbocycles. The summed E-state index contributed by atoms with van der Waals surface area (Å²) in [6, 6.07) is 3.71. The highest BCUT2D eigenvalue weighted by Gasteiger charge is 2.28. The molecular weight excluding hydrogens is 438 g/mol. The number of rotatable bonds is 17. The number of phenols is 1. The van der Waals surface area contributed by atoms with E-state index >= 15 is 0 Å². The van der Waals surface area contributed by atoms with Crippen LogP contribution in [0.3, 0.4) is 0 Å². The van der Waals surface area contributed by atoms with E-state index < -0.39 is 35.9 Å². The van der Waals surface area contributed by atoms with Crippen molar-refractivity contribution in [3.8, 4) is 5.75 Å². The largest absolute Gasteiger partial charge is 0.508 e. The van der Waals surface area contributed by atoms with Gasteiger partial charge in [-0.3, -0.25) is 9.59 Å². The van der Waals surface area contributed by atoms with Gasteiger partial charge in [0.15, 0.2) is 0 Å². The number of nitrogens with one attached hydrogen (secondary N) is 3. The zero-order valence-electron chi connectivity index (χ0n) is 20.3. The molecule has 0 unspecified atom stereocenters. The Morgan fingerprint density at radius 2 is 1.53 bits per heavy atom. The Morgan fingerprint density at radius 1 is 0.912 bits per heavy atom. The van der Waals surface area contributed by atoms with Crippen molar-refractivity contribution in [2.24, 2.45) is 11.5 Å². The molecule has 9 N–H and O–H groups in total. The summed E-state index contributed by atoms with van der Waals surface area (Å²) in [5, 5.41) is 27.6. The normalized spacial score (nSPS) is 13.8. The number of carboxylic acids is 1. The van der Waals surface area contributed by atoms with Gasteiger partial charge in [0.25, 0.3) is 0 Å². The summed E-state index contributed by atoms with van der Waals surface area (Å²) < 4.78 is 0. The summed E-state index contributed by atoms with van der Waals surface area (Å²) in [5.74, 6) is -2.13. The van der Waals surface area contributed by atoms with Gasteiger partial charge in [0.1, 0.15) is 17.8 Å². The Bertz CT molecular complexity index is 757. The lowest BCUT2D eigenvalue weighted by atomic mass is 10.0. The van der Waals surface area contributed by atoms with Crippen LogP contribution >= 0.6 is 0 Å². The van der Waals surface area contributed by atoms with Crippen molar-refractivity contribution >= 4 is 17.8 Å². The first-order valence-electron chi connectivity index (χ1n) is 11.9. The van der Waals surface area contributed by atoms with Crippen molar-refractivity contribution in [2.45, 2.75) is 83.0 Å². The lowest BCUT2D eigenvalue weighted by Gasteiger charge is -2.23. The molecule has 3 atom stereocenters. The molecule has 0 bridgehead atoms. The van der Waals surface area contributed by atoms with Crippen molar-refractivity contribution in [1.29, 1.82) is 0 Å². The molecule has 10 nitrogen and oxygen atoms in total. The number of benzene rings is 1. The van der Waals surface area contributed by atoms with Crippen LogP contribution in [0.5, 0.6) is 5.75 Å². The van der Waals surface area contributed by atoms with Crippen LogP contribution in [0.2, 0.25) is 0 Å². The van der Waals surface area contributed by atoms with Crippen molar-refractivity contribution in [3.05, 3.63) is 29.8 Å². The molecule has 0 aromatic heterocycles. The molecule has 0 fully saturated rings. The molecule has 0 heterocycles. The van der Waals surface area contributed by atoms with Crippen LogP contribution < -0.4 is 27.4 Å². The Labute approximate surface area is 201 Å². The molecule has 2 amide bonds. The smallest absolute Gasteiger partial charge is 0.326 e. The number of unbranched alkanes of at least 4 members (excludes halogenated alkanes) is 2. The minimum atomic E-state index is -1.13. The number of carbonyl (C=O) groups excluding carboxylic acids is 2. The first kappa shape index (κ1) is 29.3. The third kappa shape index (κ3) is 12.0. The standard InChI is InChI=1S/C24H41N5O5/c1-16(2)27-14-6-4-8-20(24(33)34)28-23(32)21(15-17-9-11-18(30)12-10-17)29-22(31)19(26)7-3-5-13-25/h9-12,16,19-21,27,30H,3-8,13-15,25-26H2,1-2H3,(H,28,32)(H,29,31)(H,33,34)/t19-,20-,21-/m0/s1. The van der Waals surface area contributed by atoms with E-state index in [1.165, 1.54) is 12.1 Å². The average Bonchev–Trinajstić information content (AvgIpc) is 2.78. The van der Waals surface area contributed by atoms with E-state index in [-0.39, 0.29) is 18.6 Å². The van der Waals surface area contributed by atoms with Crippen LogP contribution in [0.1, 0.15) is 57.9 Å². The molecule has 0 aliphatic heterocycles. The fraction of sp³-hybridized carbons (Fsp3) is 0.625. The Balaban J connectivity index is 2.82. The summed E-state index contributed by atoms with van der Waals surface area (Å²) in [5.41, 5.74) is 12.1. The van der Waals surface area contributed by atoms with E-state index in [0.717, 1.165) is 19.4 Å². The number of hydrogen-bond acceptors (Lipinski definition) is 7. The first-order chi connectivity index (χ1) is 16.1. The van der Waals surface area contributed by atoms with E-state index in [1.54, 1.807) is 12.1 Å². The van der Waals surface area contributed by atoms with Crippen molar-refractivity contribution < 1.29 is 24.6 Å². The summed E-state index contributed by atoms with van der Waals surface area (Å²) in [7, 11) is 0. The molecule has 0 spiro atoms. The lowest BCUT2D eigenvalue weighted by Crippen LogP contribution is -2.55. The Kier molecular flexibility index (Phi) is 13.8. The maximum Gasteiger partial charge on any atom is 0.326 e. The maximum absolute atomic E-state index is 13.0. The van der Waals surface area contributed by atoms with Crippen molar-refractivity contribution in [2.75, 3.05) is 13.1 Å². The van der Waals surface area contributed by atoms with Crippen LogP contribution in [0.4, 0.5) is 0 Å². The highest BCUT2D eigenvalue weighted by atomic mass is 16.4. The summed E-state index contributed by atoms with van der Waals surface area (Å²) in [6.45, 7) is 5.34. The van der Waals surface area contributed by atoms with Gasteiger partial charge in [0.2, 0.25) is 11.8 Å². The number of nitrogens with two attached hydrogens (primary N) is 2. The number of aliphatic carboxylic acids is 1. The van der Waals surface area contributed by atoms with E-state index in [0.29, 0.717) is 37.4 Å². The van der Waals surface area contributed by atoms with Gasteiger partial charge in [-0.05, 0) is 62.9 Å². The van der Waals surface area contributed by atoms with Gasteiger partial charge in [0.05, 0.1) is 6.04 Å². The number of carboxylic acid groups (broad SMARTS) is 1. The lowest BCUT2D eigenvalue weighted by molar-refractivity contribution is -0.142. The quantitative estimate of drug-likeness (QED) is 0.159. The van der Waals surface area contributed by atoms with E-state index in [9.17, 15) is 24.6 Å². The maximum atomic E-state index is 13.0. The first-order valence-corrected chi connectivity index (χ1v) is 11.9. The van der Waals surface area contributed by atoms with Crippen LogP contribution in [0, 0.1) is 0 Å². The molecule has 0 aliphatic carbocycles. The van der Waals surface area contributed by atoms with Gasteiger partial charge in [-0.15, -0.1) is 0 Å². The predicted molar refractivity (Wildman–Crippen MR) is 131 cm³/mol. The minimum Gasteiger partial charge on any atom is -0.508 e. The van der Waals surface area contributed by atoms with Gasteiger partial charge in [-0.1, -0.05) is 32.4 Å². The number of carbonyl (C=O) groups is 3. The topological polar surface area (TPSA) is 180 Å². The van der Waals surface area contributed by atoms with Crippen LogP contribution in [-0.2, 0) is 20.8 Å². The number of phenolic OH excluding ortho intramolecular Hbond substituents is 1. The molecule has 1 aromatic carbocycles. The van der Waals surface area contributed by atoms with E-state index in [2.05, 4.69) is 16.0 Å². The summed E-state index contributed by atoms with van der Waals surface area (Å²) in [4.78, 5) is 37.3. The molecule has 192 valence electrons. The highest BCUT2D eigenvalue weighted by molar-refractivity contribution is 5.91. The number of aromatic hydroxyl groups is 1. The number of amides is 2. The fourth-order valence-corrected chi connectivity index (χ4v) is 3.39. The van der Waals surface area contributed by atoms with Gasteiger partial charge >= 0.3 is 5.97 Å². The molecule has 0 saturated heterocycles. The van der Waals surface area contributed by atoms with Gasteiger partial charge in [-0.25, -0.2) is 4.79 Å². The van der Waals surface area contributed by atoms with E-state index in [4.69, 9.17) is 11.5 Å². The van der Waals surface area contributed by atoms with Crippen LogP contribution in [0.25, 0.3) is 0 Å². The zero-order valence-corrected chi connectivity index (χ0v) is 20.3. The third-order valence-corrected chi connectivity index (χ3v) is 5.40. The molecule has 0 radical (unpaired) electrons.